The van der Waals surface area contributed by atoms with Crippen LogP contribution in [0.1, 0.15) is 29.1 Å². The van der Waals surface area contributed by atoms with Crippen molar-refractivity contribution in [3.8, 4) is 10.6 Å². The summed E-state index contributed by atoms with van der Waals surface area (Å²) in [5.74, 6) is 0. The topological polar surface area (TPSA) is 38.9 Å². The predicted octanol–water partition coefficient (Wildman–Crippen LogP) is 4.21. The molecule has 90 valence electrons. The molecule has 0 saturated carbocycles. The van der Waals surface area contributed by atoms with Crippen molar-refractivity contribution in [2.24, 2.45) is 5.73 Å². The molecule has 4 heteroatoms. The second-order valence-electron chi connectivity index (χ2n) is 4.22. The summed E-state index contributed by atoms with van der Waals surface area (Å²) in [7, 11) is 0. The standard InChI is InChI=1S/C13H15BrN2S/c1-7-6-10(4-5-11(7)14)13-16-9(3)12(17-13)8(2)15/h4-6,8H,15H2,1-3H3. The summed E-state index contributed by atoms with van der Waals surface area (Å²) in [4.78, 5) is 5.76. The van der Waals surface area contributed by atoms with Gasteiger partial charge in [0.05, 0.1) is 5.69 Å². The molecule has 1 heterocycles. The molecule has 0 aliphatic carbocycles. The molecule has 1 aromatic carbocycles. The van der Waals surface area contributed by atoms with Gasteiger partial charge >= 0.3 is 0 Å². The number of benzene rings is 1. The van der Waals surface area contributed by atoms with Crippen LogP contribution in [-0.4, -0.2) is 4.98 Å². The molecule has 1 aromatic heterocycles. The molecule has 2 aromatic rings. The van der Waals surface area contributed by atoms with E-state index in [1.165, 1.54) is 10.4 Å². The second kappa shape index (κ2) is 4.88. The van der Waals surface area contributed by atoms with Gasteiger partial charge in [-0.05, 0) is 38.5 Å². The maximum atomic E-state index is 5.92. The van der Waals surface area contributed by atoms with Crippen molar-refractivity contribution >= 4 is 27.3 Å². The summed E-state index contributed by atoms with van der Waals surface area (Å²) in [6, 6.07) is 6.35. The Hall–Kier alpha value is -0.710. The zero-order valence-corrected chi connectivity index (χ0v) is 12.5. The number of thiazole rings is 1. The molecular weight excluding hydrogens is 296 g/mol. The quantitative estimate of drug-likeness (QED) is 0.902. The van der Waals surface area contributed by atoms with Crippen molar-refractivity contribution < 1.29 is 0 Å². The van der Waals surface area contributed by atoms with E-state index in [2.05, 4.69) is 46.0 Å². The van der Waals surface area contributed by atoms with E-state index in [1.54, 1.807) is 11.3 Å². The molecule has 2 N–H and O–H groups in total. The van der Waals surface area contributed by atoms with Crippen LogP contribution in [-0.2, 0) is 0 Å². The average molecular weight is 311 g/mol. The van der Waals surface area contributed by atoms with Gasteiger partial charge in [0, 0.05) is 21.0 Å². The maximum absolute atomic E-state index is 5.92. The minimum Gasteiger partial charge on any atom is -0.323 e. The molecular formula is C13H15BrN2S. The number of hydrogen-bond donors (Lipinski definition) is 1. The Balaban J connectivity index is 2.46. The summed E-state index contributed by atoms with van der Waals surface area (Å²) in [5, 5.41) is 1.05. The molecule has 0 fully saturated rings. The predicted molar refractivity (Wildman–Crippen MR) is 77.3 cm³/mol. The van der Waals surface area contributed by atoms with Crippen LogP contribution in [0.3, 0.4) is 0 Å². The molecule has 0 radical (unpaired) electrons. The number of halogens is 1. The Labute approximate surface area is 114 Å². The fraction of sp³-hybridized carbons (Fsp3) is 0.308. The third-order valence-corrected chi connectivity index (χ3v) is 4.95. The lowest BCUT2D eigenvalue weighted by Crippen LogP contribution is -2.03. The zero-order chi connectivity index (χ0) is 12.6. The monoisotopic (exact) mass is 310 g/mol. The average Bonchev–Trinajstić information content (AvgIpc) is 2.64. The van der Waals surface area contributed by atoms with Crippen molar-refractivity contribution in [2.75, 3.05) is 0 Å². The van der Waals surface area contributed by atoms with Crippen molar-refractivity contribution in [3.05, 3.63) is 38.8 Å². The van der Waals surface area contributed by atoms with Gasteiger partial charge in [0.25, 0.3) is 0 Å². The summed E-state index contributed by atoms with van der Waals surface area (Å²) in [6.07, 6.45) is 0. The van der Waals surface area contributed by atoms with Crippen LogP contribution >= 0.6 is 27.3 Å². The van der Waals surface area contributed by atoms with E-state index in [9.17, 15) is 0 Å². The summed E-state index contributed by atoms with van der Waals surface area (Å²) in [5.41, 5.74) is 9.34. The van der Waals surface area contributed by atoms with Gasteiger partial charge in [0.1, 0.15) is 5.01 Å². The Morgan fingerprint density at radius 2 is 2.06 bits per heavy atom. The summed E-state index contributed by atoms with van der Waals surface area (Å²) >= 11 is 5.19. The van der Waals surface area contributed by atoms with Gasteiger partial charge in [-0.2, -0.15) is 0 Å². The minimum atomic E-state index is 0.0535. The smallest absolute Gasteiger partial charge is 0.123 e. The zero-order valence-electron chi connectivity index (χ0n) is 10.1. The van der Waals surface area contributed by atoms with Crippen molar-refractivity contribution in [1.29, 1.82) is 0 Å². The maximum Gasteiger partial charge on any atom is 0.123 e. The molecule has 0 amide bonds. The highest BCUT2D eigenvalue weighted by molar-refractivity contribution is 9.10. The first-order chi connectivity index (χ1) is 7.99. The van der Waals surface area contributed by atoms with Crippen LogP contribution in [0.4, 0.5) is 0 Å². The highest BCUT2D eigenvalue weighted by Gasteiger charge is 2.12. The lowest BCUT2D eigenvalue weighted by Gasteiger charge is -2.01. The molecule has 0 bridgehead atoms. The highest BCUT2D eigenvalue weighted by Crippen LogP contribution is 2.32. The normalized spacial score (nSPS) is 12.8. The van der Waals surface area contributed by atoms with E-state index >= 15 is 0 Å². The number of nitrogens with zero attached hydrogens (tertiary/aromatic N) is 1. The van der Waals surface area contributed by atoms with Gasteiger partial charge in [-0.15, -0.1) is 11.3 Å². The van der Waals surface area contributed by atoms with Crippen LogP contribution in [0.25, 0.3) is 10.6 Å². The van der Waals surface area contributed by atoms with Crippen LogP contribution in [0.5, 0.6) is 0 Å². The van der Waals surface area contributed by atoms with Crippen molar-refractivity contribution in [2.45, 2.75) is 26.8 Å². The molecule has 0 aliphatic rings. The van der Waals surface area contributed by atoms with Crippen LogP contribution in [0.2, 0.25) is 0 Å². The first-order valence-corrected chi connectivity index (χ1v) is 7.09. The van der Waals surface area contributed by atoms with Gasteiger partial charge < -0.3 is 5.73 Å². The number of aryl methyl sites for hydroxylation is 2. The minimum absolute atomic E-state index is 0.0535. The SMILES string of the molecule is Cc1cc(-c2nc(C)c(C(C)N)s2)ccc1Br. The molecule has 2 nitrogen and oxygen atoms in total. The number of aromatic nitrogens is 1. The second-order valence-corrected chi connectivity index (χ2v) is 6.11. The Morgan fingerprint density at radius 1 is 1.35 bits per heavy atom. The Morgan fingerprint density at radius 3 is 2.59 bits per heavy atom. The van der Waals surface area contributed by atoms with Gasteiger partial charge in [-0.1, -0.05) is 22.0 Å². The third kappa shape index (κ3) is 2.59. The molecule has 0 spiro atoms. The Bertz CT molecular complexity index is 546. The van der Waals surface area contributed by atoms with E-state index in [-0.39, 0.29) is 6.04 Å². The Kier molecular flexibility index (Phi) is 3.66. The number of nitrogens with two attached hydrogens (primary N) is 1. The highest BCUT2D eigenvalue weighted by atomic mass is 79.9. The number of rotatable bonds is 2. The van der Waals surface area contributed by atoms with Crippen LogP contribution in [0.15, 0.2) is 22.7 Å². The van der Waals surface area contributed by atoms with E-state index < -0.39 is 0 Å². The summed E-state index contributed by atoms with van der Waals surface area (Å²) in [6.45, 7) is 6.10. The van der Waals surface area contributed by atoms with Gasteiger partial charge in [-0.25, -0.2) is 4.98 Å². The van der Waals surface area contributed by atoms with Crippen molar-refractivity contribution in [3.63, 3.8) is 0 Å². The molecule has 0 saturated heterocycles. The largest absolute Gasteiger partial charge is 0.323 e. The fourth-order valence-corrected chi connectivity index (χ4v) is 2.99. The van der Waals surface area contributed by atoms with Crippen LogP contribution < -0.4 is 5.73 Å². The molecule has 17 heavy (non-hydrogen) atoms. The van der Waals surface area contributed by atoms with E-state index in [4.69, 9.17) is 5.73 Å². The van der Waals surface area contributed by atoms with Crippen LogP contribution in [0, 0.1) is 13.8 Å². The first kappa shape index (κ1) is 12.7. The van der Waals surface area contributed by atoms with Gasteiger partial charge in [0.15, 0.2) is 0 Å². The van der Waals surface area contributed by atoms with Gasteiger partial charge in [-0.3, -0.25) is 0 Å². The molecule has 1 atom stereocenters. The van der Waals surface area contributed by atoms with E-state index in [0.29, 0.717) is 0 Å². The molecule has 1 unspecified atom stereocenters. The lowest BCUT2D eigenvalue weighted by atomic mass is 10.1. The first-order valence-electron chi connectivity index (χ1n) is 5.48. The summed E-state index contributed by atoms with van der Waals surface area (Å²) < 4.78 is 1.13. The van der Waals surface area contributed by atoms with E-state index in [0.717, 1.165) is 20.7 Å². The molecule has 0 aliphatic heterocycles. The third-order valence-electron chi connectivity index (χ3n) is 2.65. The number of hydrogen-bond acceptors (Lipinski definition) is 3. The fourth-order valence-electron chi connectivity index (χ4n) is 1.73. The van der Waals surface area contributed by atoms with Crippen molar-refractivity contribution in [1.82, 2.24) is 4.98 Å². The lowest BCUT2D eigenvalue weighted by molar-refractivity contribution is 0.825. The molecule has 2 rings (SSSR count). The van der Waals surface area contributed by atoms with E-state index in [1.807, 2.05) is 13.8 Å². The van der Waals surface area contributed by atoms with Gasteiger partial charge in [0.2, 0.25) is 0 Å².